The van der Waals surface area contributed by atoms with Gasteiger partial charge in [0.15, 0.2) is 5.78 Å². The molecule has 4 heteroatoms. The van der Waals surface area contributed by atoms with Crippen molar-refractivity contribution in [2.45, 2.75) is 39.3 Å². The van der Waals surface area contributed by atoms with E-state index in [9.17, 15) is 4.79 Å². The summed E-state index contributed by atoms with van der Waals surface area (Å²) in [5.41, 5.74) is 6.18. The monoisotopic (exact) mass is 543 g/mol. The maximum Gasteiger partial charge on any atom is 0.162 e. The number of hydrogen-bond acceptors (Lipinski definition) is 3. The van der Waals surface area contributed by atoms with E-state index in [0.29, 0.717) is 18.1 Å². The van der Waals surface area contributed by atoms with Gasteiger partial charge in [-0.15, -0.1) is 0 Å². The Morgan fingerprint density at radius 2 is 1.50 bits per heavy atom. The number of anilines is 1. The van der Waals surface area contributed by atoms with Crippen LogP contribution in [0, 0.1) is 5.41 Å². The molecule has 5 aromatic carbocycles. The van der Waals surface area contributed by atoms with Crippen molar-refractivity contribution in [3.63, 3.8) is 0 Å². The van der Waals surface area contributed by atoms with Crippen molar-refractivity contribution in [1.82, 2.24) is 0 Å². The number of carbonyl (C=O) groups excluding carboxylic acids is 1. The Hall–Kier alpha value is -4.08. The van der Waals surface area contributed by atoms with E-state index in [1.165, 1.54) is 10.8 Å². The first-order valence-corrected chi connectivity index (χ1v) is 14.2. The summed E-state index contributed by atoms with van der Waals surface area (Å²) >= 11 is 6.11. The first-order valence-electron chi connectivity index (χ1n) is 13.8. The summed E-state index contributed by atoms with van der Waals surface area (Å²) in [7, 11) is 0. The highest BCUT2D eigenvalue weighted by atomic mass is 35.5. The van der Waals surface area contributed by atoms with Crippen molar-refractivity contribution < 1.29 is 9.53 Å². The molecule has 1 N–H and O–H groups in total. The highest BCUT2D eigenvalue weighted by Crippen LogP contribution is 2.53. The summed E-state index contributed by atoms with van der Waals surface area (Å²) in [4.78, 5) is 14.1. The third-order valence-electron chi connectivity index (χ3n) is 8.27. The Balaban J connectivity index is 1.44. The highest BCUT2D eigenvalue weighted by Gasteiger charge is 2.42. The molecule has 1 aliphatic heterocycles. The van der Waals surface area contributed by atoms with Gasteiger partial charge in [0.1, 0.15) is 12.4 Å². The smallest absolute Gasteiger partial charge is 0.162 e. The van der Waals surface area contributed by atoms with E-state index < -0.39 is 0 Å². The number of benzene rings is 5. The molecule has 1 atom stereocenters. The van der Waals surface area contributed by atoms with Crippen LogP contribution in [-0.2, 0) is 11.4 Å². The number of carbonyl (C=O) groups is 1. The number of Topliss-reactive ketones (excluding diaryl/α,β-unsaturated/α-hetero) is 1. The normalized spacial score (nSPS) is 17.9. The number of ether oxygens (including phenoxy) is 1. The fourth-order valence-corrected chi connectivity index (χ4v) is 6.62. The van der Waals surface area contributed by atoms with Crippen molar-refractivity contribution in [1.29, 1.82) is 0 Å². The van der Waals surface area contributed by atoms with Gasteiger partial charge in [0.2, 0.25) is 0 Å². The predicted molar refractivity (Wildman–Crippen MR) is 165 cm³/mol. The molecule has 0 fully saturated rings. The van der Waals surface area contributed by atoms with Gasteiger partial charge < -0.3 is 10.1 Å². The lowest BCUT2D eigenvalue weighted by Gasteiger charge is -2.40. The summed E-state index contributed by atoms with van der Waals surface area (Å²) < 4.78 is 6.52. The zero-order valence-corrected chi connectivity index (χ0v) is 23.4. The minimum Gasteiger partial charge on any atom is -0.489 e. The summed E-state index contributed by atoms with van der Waals surface area (Å²) in [5.74, 6) is 0.985. The molecule has 0 aromatic heterocycles. The molecule has 198 valence electrons. The summed E-state index contributed by atoms with van der Waals surface area (Å²) in [5, 5.41) is 9.09. The third kappa shape index (κ3) is 4.26. The van der Waals surface area contributed by atoms with E-state index in [4.69, 9.17) is 16.3 Å². The number of ketones is 1. The van der Waals surface area contributed by atoms with Crippen LogP contribution in [0.15, 0.2) is 103 Å². The van der Waals surface area contributed by atoms with Crippen LogP contribution in [-0.4, -0.2) is 5.78 Å². The maximum atomic E-state index is 14.1. The Bertz CT molecular complexity index is 1830. The quantitative estimate of drug-likeness (QED) is 0.245. The lowest BCUT2D eigenvalue weighted by Crippen LogP contribution is -2.33. The van der Waals surface area contributed by atoms with Crippen molar-refractivity contribution in [3.05, 3.63) is 124 Å². The van der Waals surface area contributed by atoms with Crippen LogP contribution in [0.3, 0.4) is 0 Å². The van der Waals surface area contributed by atoms with E-state index in [1.54, 1.807) is 0 Å². The van der Waals surface area contributed by atoms with E-state index in [0.717, 1.165) is 56.5 Å². The zero-order valence-electron chi connectivity index (χ0n) is 22.6. The molecule has 0 bridgehead atoms. The Kier molecular flexibility index (Phi) is 5.94. The minimum atomic E-state index is -0.321. The molecule has 3 nitrogen and oxygen atoms in total. The van der Waals surface area contributed by atoms with Gasteiger partial charge in [-0.1, -0.05) is 98.2 Å². The van der Waals surface area contributed by atoms with Gasteiger partial charge in [0.05, 0.1) is 6.04 Å². The first kappa shape index (κ1) is 24.9. The molecule has 1 aliphatic carbocycles. The van der Waals surface area contributed by atoms with Gasteiger partial charge in [-0.25, -0.2) is 0 Å². The molecule has 0 amide bonds. The molecule has 0 spiro atoms. The van der Waals surface area contributed by atoms with Gasteiger partial charge >= 0.3 is 0 Å². The van der Waals surface area contributed by atoms with Crippen LogP contribution < -0.4 is 10.1 Å². The van der Waals surface area contributed by atoms with Crippen molar-refractivity contribution in [2.75, 3.05) is 5.32 Å². The lowest BCUT2D eigenvalue weighted by molar-refractivity contribution is -0.118. The molecule has 0 saturated carbocycles. The van der Waals surface area contributed by atoms with E-state index >= 15 is 0 Å². The number of nitrogens with one attached hydrogen (secondary N) is 1. The summed E-state index contributed by atoms with van der Waals surface area (Å²) in [6, 6.07) is 32.7. The van der Waals surface area contributed by atoms with Crippen LogP contribution in [0.5, 0.6) is 5.75 Å². The average Bonchev–Trinajstić information content (AvgIpc) is 2.95. The molecule has 0 radical (unpaired) electrons. The number of allylic oxidation sites excluding steroid dienone is 1. The van der Waals surface area contributed by atoms with Gasteiger partial charge in [-0.05, 0) is 68.8 Å². The van der Waals surface area contributed by atoms with Gasteiger partial charge in [-0.3, -0.25) is 4.79 Å². The van der Waals surface area contributed by atoms with E-state index in [1.807, 2.05) is 30.3 Å². The van der Waals surface area contributed by atoms with Crippen molar-refractivity contribution >= 4 is 50.2 Å². The lowest BCUT2D eigenvalue weighted by atomic mass is 9.67. The number of halogens is 1. The fraction of sp³-hybridized carbons (Fsp3) is 0.194. The number of hydrogen-bond donors (Lipinski definition) is 1. The molecular formula is C36H30ClNO2. The highest BCUT2D eigenvalue weighted by molar-refractivity contribution is 6.30. The standard InChI is InChI=1S/C36H30ClNO2/c1-36(2)19-28-32-26-9-5-3-7-23(26)13-17-29(32)38-35(33(28)30(39)20-36)34-27-10-6-4-8-24(27)14-18-31(34)40-21-22-11-15-25(37)16-12-22/h3-18,35,38H,19-21H2,1-2H3/t35-/m0/s1. The molecule has 0 unspecified atom stereocenters. The number of rotatable bonds is 4. The molecule has 0 saturated heterocycles. The SMILES string of the molecule is CC1(C)CC(=O)C2=C(C1)c1c(ccc3ccccc13)N[C@@H]2c1c(OCc2ccc(Cl)cc2)ccc2ccccc12. The predicted octanol–water partition coefficient (Wildman–Crippen LogP) is 9.53. The second kappa shape index (κ2) is 9.53. The van der Waals surface area contributed by atoms with E-state index in [2.05, 4.69) is 85.9 Å². The fourth-order valence-electron chi connectivity index (χ4n) is 6.49. The molecule has 40 heavy (non-hydrogen) atoms. The van der Waals surface area contributed by atoms with Crippen LogP contribution in [0.4, 0.5) is 5.69 Å². The topological polar surface area (TPSA) is 38.3 Å². The van der Waals surface area contributed by atoms with Crippen LogP contribution in [0.2, 0.25) is 5.02 Å². The molecule has 5 aromatic rings. The van der Waals surface area contributed by atoms with Crippen LogP contribution in [0.25, 0.3) is 27.1 Å². The Morgan fingerprint density at radius 3 is 2.27 bits per heavy atom. The largest absolute Gasteiger partial charge is 0.489 e. The third-order valence-corrected chi connectivity index (χ3v) is 8.52. The molecular weight excluding hydrogens is 514 g/mol. The number of fused-ring (bicyclic) bond motifs is 5. The van der Waals surface area contributed by atoms with Gasteiger partial charge in [-0.2, -0.15) is 0 Å². The van der Waals surface area contributed by atoms with E-state index in [-0.39, 0.29) is 17.2 Å². The molecule has 7 rings (SSSR count). The van der Waals surface area contributed by atoms with Crippen molar-refractivity contribution in [3.8, 4) is 5.75 Å². The summed E-state index contributed by atoms with van der Waals surface area (Å²) in [6.45, 7) is 4.81. The zero-order chi connectivity index (χ0) is 27.4. The second-order valence-corrected chi connectivity index (χ2v) is 12.2. The van der Waals surface area contributed by atoms with Crippen LogP contribution in [0.1, 0.15) is 49.4 Å². The van der Waals surface area contributed by atoms with Crippen molar-refractivity contribution in [2.24, 2.45) is 5.41 Å². The second-order valence-electron chi connectivity index (χ2n) is 11.7. The van der Waals surface area contributed by atoms with Crippen LogP contribution >= 0.6 is 11.6 Å². The first-order chi connectivity index (χ1) is 19.4. The minimum absolute atomic E-state index is 0.112. The average molecular weight is 544 g/mol. The molecule has 2 aliphatic rings. The maximum absolute atomic E-state index is 14.1. The Labute approximate surface area is 239 Å². The van der Waals surface area contributed by atoms with Gasteiger partial charge in [0, 0.05) is 33.8 Å². The molecule has 1 heterocycles. The summed E-state index contributed by atoms with van der Waals surface area (Å²) in [6.07, 6.45) is 1.37. The Morgan fingerprint density at radius 1 is 0.825 bits per heavy atom. The van der Waals surface area contributed by atoms with Gasteiger partial charge in [0.25, 0.3) is 0 Å².